The summed E-state index contributed by atoms with van der Waals surface area (Å²) in [6, 6.07) is 0. The molecule has 0 aliphatic heterocycles. The van der Waals surface area contributed by atoms with E-state index in [9.17, 15) is 0 Å². The summed E-state index contributed by atoms with van der Waals surface area (Å²) < 4.78 is 0. The predicted octanol–water partition coefficient (Wildman–Crippen LogP) is 2.91. The highest BCUT2D eigenvalue weighted by atomic mass is 16.0. The van der Waals surface area contributed by atoms with E-state index in [1.165, 1.54) is 57.9 Å². The Balaban J connectivity index is 0. The number of hydrogen-bond donors (Lipinski definition) is 1. The Morgan fingerprint density at radius 1 is 0.714 bits per heavy atom. The highest BCUT2D eigenvalue weighted by Crippen LogP contribution is 2.07. The first-order valence-corrected chi connectivity index (χ1v) is 6.12. The van der Waals surface area contributed by atoms with E-state index >= 15 is 0 Å². The minimum atomic E-state index is 0. The first kappa shape index (κ1) is 16.4. The second kappa shape index (κ2) is 15.4. The number of hydrogen-bond acceptors (Lipinski definition) is 1. The third-order valence-corrected chi connectivity index (χ3v) is 2.46. The van der Waals surface area contributed by atoms with E-state index < -0.39 is 0 Å². The molecule has 0 radical (unpaired) electrons. The molecule has 3 N–H and O–H groups in total. The van der Waals surface area contributed by atoms with Crippen LogP contribution in [0.25, 0.3) is 0 Å². The zero-order valence-corrected chi connectivity index (χ0v) is 10.1. The van der Waals surface area contributed by atoms with Crippen molar-refractivity contribution >= 4 is 0 Å². The first-order chi connectivity index (χ1) is 6.41. The van der Waals surface area contributed by atoms with Crippen LogP contribution in [0.15, 0.2) is 0 Å². The fourth-order valence-electron chi connectivity index (χ4n) is 1.56. The zero-order valence-electron chi connectivity index (χ0n) is 10.1. The van der Waals surface area contributed by atoms with Crippen molar-refractivity contribution in [3.8, 4) is 0 Å². The molecule has 0 aromatic rings. The Morgan fingerprint density at radius 2 is 1.21 bits per heavy atom. The average molecular weight is 203 g/mol. The van der Waals surface area contributed by atoms with E-state index in [0.29, 0.717) is 0 Å². The molecule has 0 rings (SSSR count). The van der Waals surface area contributed by atoms with Crippen molar-refractivity contribution in [3.63, 3.8) is 0 Å². The van der Waals surface area contributed by atoms with E-state index in [2.05, 4.69) is 19.2 Å². The summed E-state index contributed by atoms with van der Waals surface area (Å²) in [6.07, 6.45) is 11.4. The molecular formula is C12H29NO. The van der Waals surface area contributed by atoms with Crippen molar-refractivity contribution in [3.05, 3.63) is 0 Å². The van der Waals surface area contributed by atoms with Crippen LogP contribution in [0.4, 0.5) is 0 Å². The maximum Gasteiger partial charge on any atom is -0.00490 e. The van der Waals surface area contributed by atoms with Crippen molar-refractivity contribution in [2.24, 2.45) is 0 Å². The van der Waals surface area contributed by atoms with E-state index in [1.807, 2.05) is 0 Å². The van der Waals surface area contributed by atoms with Crippen LogP contribution in [-0.2, 0) is 0 Å². The molecule has 0 spiro atoms. The molecule has 14 heavy (non-hydrogen) atoms. The normalized spacial score (nSPS) is 9.86. The molecule has 0 atom stereocenters. The summed E-state index contributed by atoms with van der Waals surface area (Å²) in [7, 11) is 0. The summed E-state index contributed by atoms with van der Waals surface area (Å²) in [5.74, 6) is 0. The Kier molecular flexibility index (Phi) is 18.0. The van der Waals surface area contributed by atoms with Crippen LogP contribution < -0.4 is 5.32 Å². The Labute approximate surface area is 89.8 Å². The molecule has 0 aliphatic carbocycles. The molecule has 0 saturated carbocycles. The topological polar surface area (TPSA) is 43.5 Å². The minimum absolute atomic E-state index is 0. The maximum absolute atomic E-state index is 3.36. The van der Waals surface area contributed by atoms with Gasteiger partial charge < -0.3 is 10.8 Å². The van der Waals surface area contributed by atoms with Crippen LogP contribution in [0, 0.1) is 0 Å². The van der Waals surface area contributed by atoms with Crippen LogP contribution in [0.2, 0.25) is 0 Å². The molecule has 0 bridgehead atoms. The zero-order chi connectivity index (χ0) is 9.78. The molecule has 2 heteroatoms. The van der Waals surface area contributed by atoms with Crippen molar-refractivity contribution in [1.82, 2.24) is 5.32 Å². The van der Waals surface area contributed by atoms with Gasteiger partial charge in [0.2, 0.25) is 0 Å². The standard InChI is InChI=1S/C12H27N.H2O/c1-3-5-6-7-8-9-10-11-12-13-4-2;/h13H,3-12H2,1-2H3;1H2. The lowest BCUT2D eigenvalue weighted by atomic mass is 10.1. The number of rotatable bonds is 10. The quantitative estimate of drug-likeness (QED) is 0.545. The molecule has 0 heterocycles. The summed E-state index contributed by atoms with van der Waals surface area (Å²) >= 11 is 0. The van der Waals surface area contributed by atoms with Gasteiger partial charge >= 0.3 is 0 Å². The summed E-state index contributed by atoms with van der Waals surface area (Å²) in [5, 5.41) is 3.36. The van der Waals surface area contributed by atoms with Crippen LogP contribution in [0.1, 0.15) is 65.2 Å². The molecule has 2 nitrogen and oxygen atoms in total. The van der Waals surface area contributed by atoms with Gasteiger partial charge in [0, 0.05) is 0 Å². The lowest BCUT2D eigenvalue weighted by Gasteiger charge is -2.01. The maximum atomic E-state index is 3.36. The Bertz CT molecular complexity index is 76.4. The minimum Gasteiger partial charge on any atom is -0.412 e. The number of unbranched alkanes of at least 4 members (excludes halogenated alkanes) is 7. The summed E-state index contributed by atoms with van der Waals surface area (Å²) in [5.41, 5.74) is 0. The monoisotopic (exact) mass is 203 g/mol. The van der Waals surface area contributed by atoms with E-state index in [-0.39, 0.29) is 5.48 Å². The van der Waals surface area contributed by atoms with Crippen LogP contribution in [0.3, 0.4) is 0 Å². The number of nitrogens with one attached hydrogen (secondary N) is 1. The van der Waals surface area contributed by atoms with Crippen LogP contribution in [-0.4, -0.2) is 18.6 Å². The lowest BCUT2D eigenvalue weighted by Crippen LogP contribution is -2.13. The van der Waals surface area contributed by atoms with Gasteiger partial charge in [0.25, 0.3) is 0 Å². The Morgan fingerprint density at radius 3 is 1.71 bits per heavy atom. The highest BCUT2D eigenvalue weighted by Gasteiger charge is 1.90. The fraction of sp³-hybridized carbons (Fsp3) is 1.00. The summed E-state index contributed by atoms with van der Waals surface area (Å²) in [6.45, 7) is 6.78. The first-order valence-electron chi connectivity index (χ1n) is 6.12. The van der Waals surface area contributed by atoms with Gasteiger partial charge in [0.1, 0.15) is 0 Å². The molecule has 0 unspecified atom stereocenters. The highest BCUT2D eigenvalue weighted by molar-refractivity contribution is 4.48. The molecular weight excluding hydrogens is 174 g/mol. The molecule has 88 valence electrons. The lowest BCUT2D eigenvalue weighted by molar-refractivity contribution is 0.560. The third kappa shape index (κ3) is 14.4. The molecule has 0 saturated heterocycles. The van der Waals surface area contributed by atoms with Gasteiger partial charge in [0.05, 0.1) is 0 Å². The van der Waals surface area contributed by atoms with Gasteiger partial charge in [-0.3, -0.25) is 0 Å². The average Bonchev–Trinajstić information content (AvgIpc) is 2.16. The van der Waals surface area contributed by atoms with Gasteiger partial charge in [-0.05, 0) is 19.5 Å². The van der Waals surface area contributed by atoms with Gasteiger partial charge in [0.15, 0.2) is 0 Å². The predicted molar refractivity (Wildman–Crippen MR) is 64.8 cm³/mol. The van der Waals surface area contributed by atoms with E-state index in [1.54, 1.807) is 0 Å². The van der Waals surface area contributed by atoms with Gasteiger partial charge in [-0.1, -0.05) is 58.8 Å². The van der Waals surface area contributed by atoms with Crippen molar-refractivity contribution in [2.75, 3.05) is 13.1 Å². The molecule has 0 fully saturated rings. The Hall–Kier alpha value is -0.0800. The van der Waals surface area contributed by atoms with Crippen molar-refractivity contribution < 1.29 is 5.48 Å². The van der Waals surface area contributed by atoms with Gasteiger partial charge in [-0.2, -0.15) is 0 Å². The molecule has 0 aromatic heterocycles. The van der Waals surface area contributed by atoms with Crippen LogP contribution in [0.5, 0.6) is 0 Å². The summed E-state index contributed by atoms with van der Waals surface area (Å²) in [4.78, 5) is 0. The van der Waals surface area contributed by atoms with Crippen molar-refractivity contribution in [1.29, 1.82) is 0 Å². The van der Waals surface area contributed by atoms with Gasteiger partial charge in [-0.15, -0.1) is 0 Å². The van der Waals surface area contributed by atoms with E-state index in [0.717, 1.165) is 6.54 Å². The molecule has 0 amide bonds. The van der Waals surface area contributed by atoms with Crippen molar-refractivity contribution in [2.45, 2.75) is 65.2 Å². The fourth-order valence-corrected chi connectivity index (χ4v) is 1.56. The third-order valence-electron chi connectivity index (χ3n) is 2.46. The molecule has 0 aliphatic rings. The van der Waals surface area contributed by atoms with E-state index in [4.69, 9.17) is 0 Å². The van der Waals surface area contributed by atoms with Crippen LogP contribution >= 0.6 is 0 Å². The largest absolute Gasteiger partial charge is 0.412 e. The smallest absolute Gasteiger partial charge is 0.00490 e. The van der Waals surface area contributed by atoms with Gasteiger partial charge in [-0.25, -0.2) is 0 Å². The molecule has 0 aromatic carbocycles. The second-order valence-corrected chi connectivity index (χ2v) is 3.83. The SMILES string of the molecule is CCCCCCCCCCNCC.O. The second-order valence-electron chi connectivity index (χ2n) is 3.83.